The van der Waals surface area contributed by atoms with Crippen LogP contribution in [0.2, 0.25) is 0 Å². The van der Waals surface area contributed by atoms with Gasteiger partial charge in [-0.15, -0.1) is 0 Å². The van der Waals surface area contributed by atoms with Gasteiger partial charge in [0.05, 0.1) is 22.5 Å². The quantitative estimate of drug-likeness (QED) is 0.249. The van der Waals surface area contributed by atoms with Gasteiger partial charge in [0.2, 0.25) is 0 Å². The highest BCUT2D eigenvalue weighted by molar-refractivity contribution is 6.12. The Morgan fingerprint density at radius 2 is 0.763 bits per heavy atom. The second-order valence-corrected chi connectivity index (χ2v) is 8.09. The number of hydrogen-bond acceptors (Lipinski definition) is 5. The van der Waals surface area contributed by atoms with Crippen LogP contribution in [0.3, 0.4) is 0 Å². The molecule has 0 spiro atoms. The van der Waals surface area contributed by atoms with Crippen LogP contribution < -0.4 is 10.6 Å². The molecule has 2 amide bonds. The number of carboxylic acids is 2. The van der Waals surface area contributed by atoms with Gasteiger partial charge >= 0.3 is 11.9 Å². The highest BCUT2D eigenvalue weighted by Gasteiger charge is 2.16. The van der Waals surface area contributed by atoms with Crippen molar-refractivity contribution in [1.29, 1.82) is 0 Å². The molecule has 0 atom stereocenters. The lowest BCUT2D eigenvalue weighted by Gasteiger charge is -2.09. The summed E-state index contributed by atoms with van der Waals surface area (Å²) in [5.41, 5.74) is 1.29. The summed E-state index contributed by atoms with van der Waals surface area (Å²) in [6.45, 7) is 0. The first kappa shape index (κ1) is 25.5. The molecule has 188 valence electrons. The topological polar surface area (TPSA) is 150 Å². The number of anilines is 2. The van der Waals surface area contributed by atoms with Gasteiger partial charge in [0.15, 0.2) is 5.78 Å². The van der Waals surface area contributed by atoms with Crippen LogP contribution >= 0.6 is 0 Å². The molecule has 4 rings (SSSR count). The lowest BCUT2D eigenvalue weighted by atomic mass is 10.0. The van der Waals surface area contributed by atoms with Crippen molar-refractivity contribution in [3.63, 3.8) is 0 Å². The Labute approximate surface area is 216 Å². The zero-order chi connectivity index (χ0) is 27.2. The standard InChI is InChI=1S/C29H20N2O7/c32-25(17-9-13-19(14-10-17)26(33)30-23-7-3-1-5-21(23)28(35)36)18-11-15-20(16-12-18)27(34)31-24-8-4-2-6-22(24)29(37)38/h1-16H,(H,30,33)(H,31,34)(H,35,36)(H,37,38). The van der Waals surface area contributed by atoms with Gasteiger partial charge in [-0.25, -0.2) is 9.59 Å². The molecule has 4 aromatic rings. The number of rotatable bonds is 8. The number of carbonyl (C=O) groups excluding carboxylic acids is 3. The van der Waals surface area contributed by atoms with Gasteiger partial charge in [-0.3, -0.25) is 14.4 Å². The van der Waals surface area contributed by atoms with E-state index >= 15 is 0 Å². The molecule has 9 heteroatoms. The maximum absolute atomic E-state index is 12.9. The molecule has 0 aliphatic carbocycles. The summed E-state index contributed by atoms with van der Waals surface area (Å²) >= 11 is 0. The van der Waals surface area contributed by atoms with E-state index in [9.17, 15) is 34.2 Å². The van der Waals surface area contributed by atoms with Crippen LogP contribution in [-0.2, 0) is 0 Å². The van der Waals surface area contributed by atoms with Crippen LogP contribution in [0.5, 0.6) is 0 Å². The largest absolute Gasteiger partial charge is 0.478 e. The van der Waals surface area contributed by atoms with Crippen molar-refractivity contribution < 1.29 is 34.2 Å². The second kappa shape index (κ2) is 11.0. The number of nitrogens with one attached hydrogen (secondary N) is 2. The lowest BCUT2D eigenvalue weighted by Crippen LogP contribution is -2.15. The molecular formula is C29H20N2O7. The van der Waals surface area contributed by atoms with Crippen LogP contribution in [0, 0.1) is 0 Å². The molecule has 4 aromatic carbocycles. The van der Waals surface area contributed by atoms with Crippen molar-refractivity contribution in [3.8, 4) is 0 Å². The number of ketones is 1. The first-order valence-electron chi connectivity index (χ1n) is 11.3. The van der Waals surface area contributed by atoms with E-state index in [2.05, 4.69) is 10.6 Å². The summed E-state index contributed by atoms with van der Waals surface area (Å²) in [4.78, 5) is 60.7. The molecule has 4 N–H and O–H groups in total. The zero-order valence-electron chi connectivity index (χ0n) is 19.7. The minimum absolute atomic E-state index is 0.0455. The fraction of sp³-hybridized carbons (Fsp3) is 0. The van der Waals surface area contributed by atoms with Crippen LogP contribution in [0.1, 0.15) is 57.4 Å². The SMILES string of the molecule is O=C(Nc1ccccc1C(=O)O)c1ccc(C(=O)c2ccc(C(=O)Nc3ccccc3C(=O)O)cc2)cc1. The van der Waals surface area contributed by atoms with Crippen molar-refractivity contribution in [2.75, 3.05) is 10.6 Å². The summed E-state index contributed by atoms with van der Waals surface area (Å²) in [6.07, 6.45) is 0. The predicted octanol–water partition coefficient (Wildman–Crippen LogP) is 4.82. The number of para-hydroxylation sites is 2. The average Bonchev–Trinajstić information content (AvgIpc) is 2.93. The van der Waals surface area contributed by atoms with E-state index in [0.29, 0.717) is 11.1 Å². The number of aromatic carboxylic acids is 2. The van der Waals surface area contributed by atoms with E-state index in [0.717, 1.165) is 0 Å². The van der Waals surface area contributed by atoms with Crippen LogP contribution in [0.25, 0.3) is 0 Å². The fourth-order valence-electron chi connectivity index (χ4n) is 3.66. The number of hydrogen-bond donors (Lipinski definition) is 4. The van der Waals surface area contributed by atoms with Gasteiger partial charge in [0.25, 0.3) is 11.8 Å². The molecule has 0 aliphatic heterocycles. The molecule has 0 bridgehead atoms. The monoisotopic (exact) mass is 508 g/mol. The first-order chi connectivity index (χ1) is 18.2. The van der Waals surface area contributed by atoms with E-state index in [1.54, 1.807) is 24.3 Å². The Morgan fingerprint density at radius 3 is 1.11 bits per heavy atom. The van der Waals surface area contributed by atoms with Crippen molar-refractivity contribution >= 4 is 40.9 Å². The number of carboxylic acid groups (broad SMARTS) is 2. The molecule has 0 fully saturated rings. The Hall–Kier alpha value is -5.57. The molecule has 38 heavy (non-hydrogen) atoms. The highest BCUT2D eigenvalue weighted by Crippen LogP contribution is 2.19. The predicted molar refractivity (Wildman–Crippen MR) is 139 cm³/mol. The maximum atomic E-state index is 12.9. The van der Waals surface area contributed by atoms with Gasteiger partial charge < -0.3 is 20.8 Å². The van der Waals surface area contributed by atoms with Crippen molar-refractivity contribution in [3.05, 3.63) is 130 Å². The van der Waals surface area contributed by atoms with Gasteiger partial charge in [0.1, 0.15) is 0 Å². The molecule has 0 aromatic heterocycles. The Bertz CT molecular complexity index is 1440. The van der Waals surface area contributed by atoms with Crippen LogP contribution in [-0.4, -0.2) is 39.7 Å². The van der Waals surface area contributed by atoms with Gasteiger partial charge in [0, 0.05) is 22.3 Å². The highest BCUT2D eigenvalue weighted by atomic mass is 16.4. The summed E-state index contributed by atoms with van der Waals surface area (Å²) in [5, 5.41) is 23.6. The van der Waals surface area contributed by atoms with Gasteiger partial charge in [-0.05, 0) is 48.5 Å². The number of carbonyl (C=O) groups is 5. The summed E-state index contributed by atoms with van der Waals surface area (Å²) < 4.78 is 0. The minimum Gasteiger partial charge on any atom is -0.478 e. The Kier molecular flexibility index (Phi) is 7.39. The van der Waals surface area contributed by atoms with Crippen molar-refractivity contribution in [2.24, 2.45) is 0 Å². The van der Waals surface area contributed by atoms with E-state index < -0.39 is 23.8 Å². The summed E-state index contributed by atoms with van der Waals surface area (Å²) in [7, 11) is 0. The molecule has 0 heterocycles. The van der Waals surface area contributed by atoms with E-state index in [-0.39, 0.29) is 39.4 Å². The Balaban J connectivity index is 1.44. The molecule has 0 unspecified atom stereocenters. The number of amides is 2. The third-order valence-corrected chi connectivity index (χ3v) is 5.63. The third kappa shape index (κ3) is 5.63. The van der Waals surface area contributed by atoms with Crippen molar-refractivity contribution in [1.82, 2.24) is 0 Å². The van der Waals surface area contributed by atoms with Crippen molar-refractivity contribution in [2.45, 2.75) is 0 Å². The normalized spacial score (nSPS) is 10.3. The lowest BCUT2D eigenvalue weighted by molar-refractivity contribution is 0.0687. The molecule has 0 saturated heterocycles. The summed E-state index contributed by atoms with van der Waals surface area (Å²) in [6, 6.07) is 23.7. The molecular weight excluding hydrogens is 488 g/mol. The zero-order valence-corrected chi connectivity index (χ0v) is 19.7. The summed E-state index contributed by atoms with van der Waals surface area (Å²) in [5.74, 6) is -3.74. The molecule has 0 saturated carbocycles. The second-order valence-electron chi connectivity index (χ2n) is 8.09. The van der Waals surface area contributed by atoms with Crippen LogP contribution in [0.15, 0.2) is 97.1 Å². The van der Waals surface area contributed by atoms with E-state index in [1.165, 1.54) is 72.8 Å². The molecule has 0 radical (unpaired) electrons. The molecule has 0 aliphatic rings. The maximum Gasteiger partial charge on any atom is 0.337 e. The van der Waals surface area contributed by atoms with E-state index in [4.69, 9.17) is 0 Å². The van der Waals surface area contributed by atoms with Gasteiger partial charge in [-0.1, -0.05) is 48.5 Å². The average molecular weight is 508 g/mol. The fourth-order valence-corrected chi connectivity index (χ4v) is 3.66. The van der Waals surface area contributed by atoms with Gasteiger partial charge in [-0.2, -0.15) is 0 Å². The third-order valence-electron chi connectivity index (χ3n) is 5.63. The number of benzene rings is 4. The van der Waals surface area contributed by atoms with E-state index in [1.807, 2.05) is 0 Å². The smallest absolute Gasteiger partial charge is 0.337 e. The Morgan fingerprint density at radius 1 is 0.447 bits per heavy atom. The molecule has 9 nitrogen and oxygen atoms in total. The van der Waals surface area contributed by atoms with Crippen LogP contribution in [0.4, 0.5) is 11.4 Å². The first-order valence-corrected chi connectivity index (χ1v) is 11.3. The minimum atomic E-state index is -1.17.